The molecule has 0 saturated heterocycles. The third kappa shape index (κ3) is 5.47. The molecule has 1 N–H and O–H groups in total. The molecule has 0 aliphatic heterocycles. The van der Waals surface area contributed by atoms with E-state index in [1.807, 2.05) is 24.3 Å². The van der Waals surface area contributed by atoms with Gasteiger partial charge in [0.2, 0.25) is 0 Å². The molecule has 0 saturated carbocycles. The molecule has 0 unspecified atom stereocenters. The molecular formula is C12H14O2S2. The normalized spacial score (nSPS) is 10.0. The molecule has 2 nitrogen and oxygen atoms in total. The molecule has 1 aromatic rings. The first kappa shape index (κ1) is 13.5. The third-order valence-corrected chi connectivity index (χ3v) is 4.10. The molecule has 86 valence electrons. The monoisotopic (exact) mass is 254 g/mol. The topological polar surface area (TPSA) is 29.5 Å². The minimum atomic E-state index is 0.0953. The molecule has 4 heteroatoms. The van der Waals surface area contributed by atoms with Crippen LogP contribution < -0.4 is 0 Å². The Morgan fingerprint density at radius 1 is 1.31 bits per heavy atom. The van der Waals surface area contributed by atoms with Crippen LogP contribution in [0.3, 0.4) is 0 Å². The highest BCUT2D eigenvalue weighted by atomic mass is 33.1. The molecule has 0 amide bonds. The van der Waals surface area contributed by atoms with Crippen LogP contribution in [-0.4, -0.2) is 24.1 Å². The Labute approximate surface area is 104 Å². The van der Waals surface area contributed by atoms with E-state index in [1.165, 1.54) is 4.90 Å². The van der Waals surface area contributed by atoms with Crippen molar-refractivity contribution in [1.82, 2.24) is 0 Å². The molecule has 0 atom stereocenters. The molecule has 0 radical (unpaired) electrons. The van der Waals surface area contributed by atoms with E-state index >= 15 is 0 Å². The lowest BCUT2D eigenvalue weighted by atomic mass is 10.2. The van der Waals surface area contributed by atoms with Crippen molar-refractivity contribution in [2.45, 2.75) is 11.5 Å². The fraction of sp³-hybridized carbons (Fsp3) is 0.333. The molecule has 1 rings (SSSR count). The zero-order valence-corrected chi connectivity index (χ0v) is 10.5. The molecule has 1 aromatic carbocycles. The number of ether oxygens (including phenoxy) is 1. The average Bonchev–Trinajstić information content (AvgIpc) is 2.34. The second-order valence-electron chi connectivity index (χ2n) is 2.96. The first-order chi connectivity index (χ1) is 7.86. The molecule has 0 aromatic heterocycles. The Bertz CT molecular complexity index is 330. The fourth-order valence-corrected chi connectivity index (χ4v) is 2.83. The van der Waals surface area contributed by atoms with Crippen molar-refractivity contribution in [3.8, 4) is 12.3 Å². The van der Waals surface area contributed by atoms with Crippen LogP contribution in [-0.2, 0) is 11.3 Å². The predicted octanol–water partition coefficient (Wildman–Crippen LogP) is 2.57. The summed E-state index contributed by atoms with van der Waals surface area (Å²) in [6.45, 7) is 1.16. The van der Waals surface area contributed by atoms with Gasteiger partial charge in [0.05, 0.1) is 13.2 Å². The zero-order valence-electron chi connectivity index (χ0n) is 8.89. The molecule has 16 heavy (non-hydrogen) atoms. The van der Waals surface area contributed by atoms with Gasteiger partial charge in [0, 0.05) is 10.6 Å². The van der Waals surface area contributed by atoms with Crippen LogP contribution in [0.25, 0.3) is 0 Å². The van der Waals surface area contributed by atoms with E-state index in [4.69, 9.17) is 16.3 Å². The standard InChI is InChI=1S/C12H14O2S2/c1-2-7-14-8-9-15-16-12-5-3-11(10-13)4-6-12/h1,3-6,13H,7-10H2. The van der Waals surface area contributed by atoms with E-state index in [0.717, 1.165) is 11.3 Å². The lowest BCUT2D eigenvalue weighted by Gasteiger charge is -2.02. The lowest BCUT2D eigenvalue weighted by Crippen LogP contribution is -1.95. The fourth-order valence-electron chi connectivity index (χ4n) is 0.984. The summed E-state index contributed by atoms with van der Waals surface area (Å²) in [6.07, 6.45) is 5.05. The highest BCUT2D eigenvalue weighted by molar-refractivity contribution is 8.76. The van der Waals surface area contributed by atoms with Gasteiger partial charge in [-0.2, -0.15) is 0 Å². The van der Waals surface area contributed by atoms with Crippen LogP contribution >= 0.6 is 21.6 Å². The zero-order chi connectivity index (χ0) is 11.6. The summed E-state index contributed by atoms with van der Waals surface area (Å²) in [6, 6.07) is 7.87. The van der Waals surface area contributed by atoms with E-state index in [0.29, 0.717) is 13.2 Å². The van der Waals surface area contributed by atoms with Crippen LogP contribution in [0.15, 0.2) is 29.2 Å². The van der Waals surface area contributed by atoms with Gasteiger partial charge in [-0.25, -0.2) is 0 Å². The van der Waals surface area contributed by atoms with Gasteiger partial charge in [0.15, 0.2) is 0 Å². The summed E-state index contributed by atoms with van der Waals surface area (Å²) in [4.78, 5) is 1.18. The lowest BCUT2D eigenvalue weighted by molar-refractivity contribution is 0.185. The molecule has 0 fully saturated rings. The Balaban J connectivity index is 2.15. The smallest absolute Gasteiger partial charge is 0.107 e. The summed E-state index contributed by atoms with van der Waals surface area (Å²) in [5, 5.41) is 8.88. The number of rotatable bonds is 7. The van der Waals surface area contributed by atoms with Gasteiger partial charge in [0.1, 0.15) is 6.61 Å². The van der Waals surface area contributed by atoms with Gasteiger partial charge in [-0.15, -0.1) is 6.42 Å². The number of aliphatic hydroxyl groups excluding tert-OH is 1. The van der Waals surface area contributed by atoms with Crippen molar-refractivity contribution in [2.24, 2.45) is 0 Å². The van der Waals surface area contributed by atoms with Gasteiger partial charge in [-0.05, 0) is 17.7 Å². The Morgan fingerprint density at radius 2 is 2.06 bits per heavy atom. The number of terminal acetylenes is 1. The Kier molecular flexibility index (Phi) is 7.19. The minimum absolute atomic E-state index is 0.0953. The van der Waals surface area contributed by atoms with E-state index in [9.17, 15) is 0 Å². The second-order valence-corrected chi connectivity index (χ2v) is 5.45. The van der Waals surface area contributed by atoms with Crippen molar-refractivity contribution >= 4 is 21.6 Å². The SMILES string of the molecule is C#CCOCCSSc1ccc(CO)cc1. The highest BCUT2D eigenvalue weighted by Crippen LogP contribution is 2.30. The number of aliphatic hydroxyl groups is 1. The van der Waals surface area contributed by atoms with E-state index in [2.05, 4.69) is 5.92 Å². The maximum Gasteiger partial charge on any atom is 0.107 e. The molecular weight excluding hydrogens is 240 g/mol. The van der Waals surface area contributed by atoms with Crippen LogP contribution in [0.4, 0.5) is 0 Å². The molecule has 0 heterocycles. The van der Waals surface area contributed by atoms with E-state index in [1.54, 1.807) is 21.6 Å². The Hall–Kier alpha value is -0.600. The molecule has 0 aliphatic carbocycles. The van der Waals surface area contributed by atoms with Crippen molar-refractivity contribution in [3.05, 3.63) is 29.8 Å². The largest absolute Gasteiger partial charge is 0.392 e. The molecule has 0 spiro atoms. The third-order valence-electron chi connectivity index (χ3n) is 1.76. The predicted molar refractivity (Wildman–Crippen MR) is 70.3 cm³/mol. The minimum Gasteiger partial charge on any atom is -0.392 e. The summed E-state index contributed by atoms with van der Waals surface area (Å²) in [5.74, 6) is 3.34. The van der Waals surface area contributed by atoms with Gasteiger partial charge in [-0.1, -0.05) is 39.6 Å². The second kappa shape index (κ2) is 8.54. The van der Waals surface area contributed by atoms with Gasteiger partial charge in [-0.3, -0.25) is 0 Å². The highest BCUT2D eigenvalue weighted by Gasteiger charge is 1.95. The summed E-state index contributed by atoms with van der Waals surface area (Å²) < 4.78 is 5.15. The van der Waals surface area contributed by atoms with Crippen molar-refractivity contribution in [2.75, 3.05) is 19.0 Å². The summed E-state index contributed by atoms with van der Waals surface area (Å²) in [7, 11) is 3.43. The quantitative estimate of drug-likeness (QED) is 0.460. The van der Waals surface area contributed by atoms with Crippen molar-refractivity contribution < 1.29 is 9.84 Å². The summed E-state index contributed by atoms with van der Waals surface area (Å²) in [5.41, 5.74) is 0.937. The first-order valence-corrected chi connectivity index (χ1v) is 7.19. The van der Waals surface area contributed by atoms with Crippen molar-refractivity contribution in [3.63, 3.8) is 0 Å². The van der Waals surface area contributed by atoms with Crippen LogP contribution in [0, 0.1) is 12.3 Å². The van der Waals surface area contributed by atoms with E-state index in [-0.39, 0.29) is 6.61 Å². The van der Waals surface area contributed by atoms with Gasteiger partial charge >= 0.3 is 0 Å². The number of benzene rings is 1. The van der Waals surface area contributed by atoms with E-state index < -0.39 is 0 Å². The average molecular weight is 254 g/mol. The van der Waals surface area contributed by atoms with Crippen molar-refractivity contribution in [1.29, 1.82) is 0 Å². The number of hydrogen-bond acceptors (Lipinski definition) is 4. The summed E-state index contributed by atoms with van der Waals surface area (Å²) >= 11 is 0. The Morgan fingerprint density at radius 3 is 2.69 bits per heavy atom. The van der Waals surface area contributed by atoms with Gasteiger partial charge in [0.25, 0.3) is 0 Å². The number of hydrogen-bond donors (Lipinski definition) is 1. The van der Waals surface area contributed by atoms with Gasteiger partial charge < -0.3 is 9.84 Å². The first-order valence-electron chi connectivity index (χ1n) is 4.87. The molecule has 0 bridgehead atoms. The maximum atomic E-state index is 8.88. The molecule has 0 aliphatic rings. The van der Waals surface area contributed by atoms with Crippen LogP contribution in [0.5, 0.6) is 0 Å². The van der Waals surface area contributed by atoms with Crippen LogP contribution in [0.1, 0.15) is 5.56 Å². The van der Waals surface area contributed by atoms with Crippen LogP contribution in [0.2, 0.25) is 0 Å². The maximum absolute atomic E-state index is 8.88.